The van der Waals surface area contributed by atoms with Gasteiger partial charge in [-0.2, -0.15) is 0 Å². The van der Waals surface area contributed by atoms with Gasteiger partial charge in [0.2, 0.25) is 0 Å². The molecule has 0 aromatic heterocycles. The molecule has 4 nitrogen and oxygen atoms in total. The SMILES string of the molecule is Nc1c(Br)cc(O)c2c1C(=O)c1cccc(Cl)c1C2=O. The van der Waals surface area contributed by atoms with Gasteiger partial charge >= 0.3 is 0 Å². The van der Waals surface area contributed by atoms with Crippen molar-refractivity contribution in [1.82, 2.24) is 0 Å². The number of carbonyl (C=O) groups excluding carboxylic acids is 2. The molecule has 0 unspecified atom stereocenters. The predicted molar refractivity (Wildman–Crippen MR) is 78.5 cm³/mol. The average molecular weight is 353 g/mol. The number of carbonyl (C=O) groups is 2. The molecule has 2 aromatic carbocycles. The Kier molecular flexibility index (Phi) is 2.84. The minimum atomic E-state index is -0.503. The van der Waals surface area contributed by atoms with E-state index in [1.54, 1.807) is 6.07 Å². The number of aromatic hydroxyl groups is 1. The van der Waals surface area contributed by atoms with Crippen LogP contribution in [-0.4, -0.2) is 16.7 Å². The molecule has 100 valence electrons. The summed E-state index contributed by atoms with van der Waals surface area (Å²) in [6.07, 6.45) is 0. The highest BCUT2D eigenvalue weighted by Gasteiger charge is 2.35. The van der Waals surface area contributed by atoms with Crippen LogP contribution in [0.1, 0.15) is 31.8 Å². The highest BCUT2D eigenvalue weighted by Crippen LogP contribution is 2.41. The summed E-state index contributed by atoms with van der Waals surface area (Å²) in [4.78, 5) is 25.0. The van der Waals surface area contributed by atoms with E-state index >= 15 is 0 Å². The second-order valence-electron chi connectivity index (χ2n) is 4.36. The lowest BCUT2D eigenvalue weighted by molar-refractivity contribution is 0.0977. The van der Waals surface area contributed by atoms with Crippen LogP contribution >= 0.6 is 27.5 Å². The average Bonchev–Trinajstić information content (AvgIpc) is 2.40. The third-order valence-corrected chi connectivity index (χ3v) is 4.21. The maximum Gasteiger partial charge on any atom is 0.199 e. The van der Waals surface area contributed by atoms with E-state index < -0.39 is 11.6 Å². The smallest absolute Gasteiger partial charge is 0.199 e. The number of ketones is 2. The lowest BCUT2D eigenvalue weighted by Crippen LogP contribution is -2.23. The van der Waals surface area contributed by atoms with Crippen molar-refractivity contribution in [2.45, 2.75) is 0 Å². The predicted octanol–water partition coefficient (Wildman–Crippen LogP) is 3.17. The van der Waals surface area contributed by atoms with E-state index in [4.69, 9.17) is 17.3 Å². The van der Waals surface area contributed by atoms with Crippen molar-refractivity contribution in [3.63, 3.8) is 0 Å². The minimum Gasteiger partial charge on any atom is -0.507 e. The first-order valence-electron chi connectivity index (χ1n) is 5.62. The summed E-state index contributed by atoms with van der Waals surface area (Å²) >= 11 is 9.15. The number of phenols is 1. The number of nitrogen functional groups attached to an aromatic ring is 1. The number of fused-ring (bicyclic) bond motifs is 2. The second kappa shape index (κ2) is 4.33. The molecule has 20 heavy (non-hydrogen) atoms. The summed E-state index contributed by atoms with van der Waals surface area (Å²) in [5, 5.41) is 10.1. The van der Waals surface area contributed by atoms with Crippen LogP contribution in [0.25, 0.3) is 0 Å². The molecule has 2 aromatic rings. The van der Waals surface area contributed by atoms with E-state index in [2.05, 4.69) is 15.9 Å². The first-order valence-corrected chi connectivity index (χ1v) is 6.79. The van der Waals surface area contributed by atoms with Crippen LogP contribution in [0.3, 0.4) is 0 Å². The van der Waals surface area contributed by atoms with Crippen LogP contribution in [0.4, 0.5) is 5.69 Å². The summed E-state index contributed by atoms with van der Waals surface area (Å²) in [7, 11) is 0. The molecule has 0 heterocycles. The molecule has 0 radical (unpaired) electrons. The van der Waals surface area contributed by atoms with Crippen molar-refractivity contribution in [2.24, 2.45) is 0 Å². The minimum absolute atomic E-state index is 0.0108. The van der Waals surface area contributed by atoms with Crippen molar-refractivity contribution < 1.29 is 14.7 Å². The number of benzene rings is 2. The number of hydrogen-bond acceptors (Lipinski definition) is 4. The van der Waals surface area contributed by atoms with Crippen LogP contribution in [0.15, 0.2) is 28.7 Å². The van der Waals surface area contributed by atoms with Gasteiger partial charge in [-0.1, -0.05) is 23.7 Å². The fourth-order valence-electron chi connectivity index (χ4n) is 2.32. The number of halogens is 2. The van der Waals surface area contributed by atoms with Crippen LogP contribution in [0.5, 0.6) is 5.75 Å². The largest absolute Gasteiger partial charge is 0.507 e. The molecule has 0 aliphatic heterocycles. The standard InChI is InChI=1S/C14H7BrClNO3/c15-6-4-8(18)10-11(12(6)17)13(19)5-2-1-3-7(16)9(5)14(10)20/h1-4,18H,17H2. The molecule has 3 N–H and O–H groups in total. The van der Waals surface area contributed by atoms with Gasteiger partial charge in [-0.15, -0.1) is 0 Å². The van der Waals surface area contributed by atoms with Gasteiger partial charge in [-0.3, -0.25) is 9.59 Å². The molecule has 0 spiro atoms. The Morgan fingerprint density at radius 2 is 1.80 bits per heavy atom. The molecule has 0 atom stereocenters. The number of hydrogen-bond donors (Lipinski definition) is 2. The van der Waals surface area contributed by atoms with Gasteiger partial charge < -0.3 is 10.8 Å². The van der Waals surface area contributed by atoms with E-state index in [1.807, 2.05) is 0 Å². The van der Waals surface area contributed by atoms with Crippen LogP contribution in [0.2, 0.25) is 5.02 Å². The molecular weight excluding hydrogens is 346 g/mol. The molecule has 6 heteroatoms. The van der Waals surface area contributed by atoms with Gasteiger partial charge in [0.1, 0.15) is 5.75 Å². The Labute approximate surface area is 127 Å². The summed E-state index contributed by atoms with van der Waals surface area (Å²) in [5.74, 6) is -1.23. The monoisotopic (exact) mass is 351 g/mol. The Bertz CT molecular complexity index is 801. The van der Waals surface area contributed by atoms with Crippen molar-refractivity contribution in [3.8, 4) is 5.75 Å². The molecule has 0 saturated heterocycles. The van der Waals surface area contributed by atoms with E-state index in [1.165, 1.54) is 18.2 Å². The topological polar surface area (TPSA) is 80.4 Å². The quantitative estimate of drug-likeness (QED) is 0.481. The Hall–Kier alpha value is -1.85. The molecule has 0 fully saturated rings. The Morgan fingerprint density at radius 3 is 2.50 bits per heavy atom. The van der Waals surface area contributed by atoms with Crippen LogP contribution < -0.4 is 5.73 Å². The van der Waals surface area contributed by atoms with E-state index in [9.17, 15) is 14.7 Å². The van der Waals surface area contributed by atoms with Gasteiger partial charge in [-0.05, 0) is 28.1 Å². The zero-order valence-electron chi connectivity index (χ0n) is 9.91. The summed E-state index contributed by atoms with van der Waals surface area (Å²) in [5.41, 5.74) is 6.19. The molecule has 0 bridgehead atoms. The highest BCUT2D eigenvalue weighted by molar-refractivity contribution is 9.10. The number of anilines is 1. The third kappa shape index (κ3) is 1.60. The number of rotatable bonds is 0. The zero-order chi connectivity index (χ0) is 14.6. The molecule has 1 aliphatic carbocycles. The third-order valence-electron chi connectivity index (χ3n) is 3.24. The lowest BCUT2D eigenvalue weighted by Gasteiger charge is -2.21. The van der Waals surface area contributed by atoms with Crippen molar-refractivity contribution >= 4 is 44.8 Å². The fraction of sp³-hybridized carbons (Fsp3) is 0. The Morgan fingerprint density at radius 1 is 1.10 bits per heavy atom. The number of nitrogens with two attached hydrogens (primary N) is 1. The van der Waals surface area contributed by atoms with E-state index in [0.29, 0.717) is 4.47 Å². The maximum absolute atomic E-state index is 12.5. The summed E-state index contributed by atoms with van der Waals surface area (Å²) in [6, 6.07) is 5.92. The summed E-state index contributed by atoms with van der Waals surface area (Å²) < 4.78 is 0.361. The zero-order valence-corrected chi connectivity index (χ0v) is 12.2. The van der Waals surface area contributed by atoms with Gasteiger partial charge in [0, 0.05) is 10.0 Å². The van der Waals surface area contributed by atoms with Crippen LogP contribution in [-0.2, 0) is 0 Å². The van der Waals surface area contributed by atoms with Crippen LogP contribution in [0, 0.1) is 0 Å². The van der Waals surface area contributed by atoms with Crippen molar-refractivity contribution in [2.75, 3.05) is 5.73 Å². The normalized spacial score (nSPS) is 13.1. The Balaban J connectivity index is 2.44. The fourth-order valence-corrected chi connectivity index (χ4v) is 3.00. The van der Waals surface area contributed by atoms with Gasteiger partial charge in [0.25, 0.3) is 0 Å². The van der Waals surface area contributed by atoms with Gasteiger partial charge in [-0.25, -0.2) is 0 Å². The van der Waals surface area contributed by atoms with Crippen molar-refractivity contribution in [3.05, 3.63) is 56.0 Å². The molecule has 1 aliphatic rings. The molecular formula is C14H7BrClNO3. The highest BCUT2D eigenvalue weighted by atomic mass is 79.9. The van der Waals surface area contributed by atoms with E-state index in [-0.39, 0.29) is 38.7 Å². The first-order chi connectivity index (χ1) is 9.43. The lowest BCUT2D eigenvalue weighted by atomic mass is 9.83. The molecule has 0 amide bonds. The van der Waals surface area contributed by atoms with Crippen molar-refractivity contribution in [1.29, 1.82) is 0 Å². The first kappa shape index (κ1) is 13.1. The second-order valence-corrected chi connectivity index (χ2v) is 5.62. The van der Waals surface area contributed by atoms with Gasteiger partial charge in [0.15, 0.2) is 11.6 Å². The van der Waals surface area contributed by atoms with Gasteiger partial charge in [0.05, 0.1) is 27.4 Å². The molecule has 0 saturated carbocycles. The maximum atomic E-state index is 12.5. The summed E-state index contributed by atoms with van der Waals surface area (Å²) in [6.45, 7) is 0. The molecule has 3 rings (SSSR count). The van der Waals surface area contributed by atoms with E-state index in [0.717, 1.165) is 0 Å². The number of phenolic OH excluding ortho intramolecular Hbond substituents is 1.